The summed E-state index contributed by atoms with van der Waals surface area (Å²) in [5.74, 6) is -0.105. The number of hydrazine groups is 1. The predicted octanol–water partition coefficient (Wildman–Crippen LogP) is 0.0301. The Morgan fingerprint density at radius 2 is 1.94 bits per heavy atom. The van der Waals surface area contributed by atoms with Gasteiger partial charge in [0.1, 0.15) is 5.41 Å². The summed E-state index contributed by atoms with van der Waals surface area (Å²) in [4.78, 5) is 12.0. The number of hydrogen-bond donors (Lipinski definition) is 3. The lowest BCUT2D eigenvalue weighted by Gasteiger charge is -2.28. The molecule has 0 aromatic heterocycles. The minimum absolute atomic E-state index is 0.0296. The van der Waals surface area contributed by atoms with E-state index in [9.17, 15) is 4.79 Å². The molecule has 1 saturated carbocycles. The Balaban J connectivity index is 1.92. The quantitative estimate of drug-likeness (QED) is 0.274. The molecule has 6 heteroatoms. The lowest BCUT2D eigenvalue weighted by molar-refractivity contribution is -0.129. The molecule has 0 aromatic rings. The molecule has 2 aliphatic rings. The third-order valence-electron chi connectivity index (χ3n) is 3.40. The van der Waals surface area contributed by atoms with Crippen LogP contribution < -0.4 is 11.2 Å². The topological polar surface area (TPSA) is 91.0 Å². The molecule has 1 aliphatic carbocycles. The minimum Gasteiger partial charge on any atom is -0.409 e. The molecule has 1 aliphatic heterocycles. The summed E-state index contributed by atoms with van der Waals surface area (Å²) in [6.45, 7) is 1.77. The smallest absolute Gasteiger partial charge is 0.248 e. The van der Waals surface area contributed by atoms with E-state index in [1.807, 2.05) is 5.01 Å². The van der Waals surface area contributed by atoms with Crippen LogP contribution in [-0.4, -0.2) is 35.0 Å². The second kappa shape index (κ2) is 4.29. The highest BCUT2D eigenvalue weighted by Crippen LogP contribution is 2.46. The molecular weight excluding hydrogens is 208 g/mol. The summed E-state index contributed by atoms with van der Waals surface area (Å²) in [6, 6.07) is 0. The molecule has 90 valence electrons. The number of rotatable bonds is 3. The van der Waals surface area contributed by atoms with Gasteiger partial charge in [-0.2, -0.15) is 0 Å². The number of hydrogen-bond acceptors (Lipinski definition) is 4. The lowest BCUT2D eigenvalue weighted by atomic mass is 10.1. The molecule has 0 atom stereocenters. The molecule has 2 rings (SSSR count). The van der Waals surface area contributed by atoms with Crippen LogP contribution in [0.1, 0.15) is 32.1 Å². The van der Waals surface area contributed by atoms with Gasteiger partial charge < -0.3 is 10.9 Å². The van der Waals surface area contributed by atoms with E-state index in [-0.39, 0.29) is 11.7 Å². The van der Waals surface area contributed by atoms with Gasteiger partial charge in [0, 0.05) is 13.1 Å². The first-order valence-electron chi connectivity index (χ1n) is 5.73. The van der Waals surface area contributed by atoms with E-state index in [1.54, 1.807) is 0 Å². The molecule has 0 radical (unpaired) electrons. The van der Waals surface area contributed by atoms with Crippen molar-refractivity contribution in [1.82, 2.24) is 10.4 Å². The Morgan fingerprint density at radius 3 is 2.44 bits per heavy atom. The molecule has 0 spiro atoms. The van der Waals surface area contributed by atoms with Crippen molar-refractivity contribution in [3.8, 4) is 0 Å². The maximum Gasteiger partial charge on any atom is 0.248 e. The molecule has 0 bridgehead atoms. The molecule has 1 heterocycles. The summed E-state index contributed by atoms with van der Waals surface area (Å²) in [5.41, 5.74) is 7.66. The summed E-state index contributed by atoms with van der Waals surface area (Å²) in [7, 11) is 0. The van der Waals surface area contributed by atoms with Gasteiger partial charge >= 0.3 is 0 Å². The van der Waals surface area contributed by atoms with E-state index in [4.69, 9.17) is 10.9 Å². The van der Waals surface area contributed by atoms with Crippen LogP contribution in [0.3, 0.4) is 0 Å². The van der Waals surface area contributed by atoms with Crippen LogP contribution in [0.15, 0.2) is 5.16 Å². The standard InChI is InChI=1S/C10H18N4O2/c11-8(13-16)10(4-5-10)9(15)12-14-6-2-1-3-7-14/h16H,1-7H2,(H2,11,13)(H,12,15). The van der Waals surface area contributed by atoms with E-state index in [1.165, 1.54) is 6.42 Å². The van der Waals surface area contributed by atoms with Gasteiger partial charge in [-0.1, -0.05) is 11.6 Å². The number of nitrogens with zero attached hydrogens (tertiary/aromatic N) is 2. The zero-order valence-corrected chi connectivity index (χ0v) is 9.28. The van der Waals surface area contributed by atoms with Crippen molar-refractivity contribution in [3.63, 3.8) is 0 Å². The SMILES string of the molecule is NC(=NO)C1(C(=O)NN2CCCCC2)CC1. The molecule has 0 unspecified atom stereocenters. The van der Waals surface area contributed by atoms with Gasteiger partial charge in [0.15, 0.2) is 5.84 Å². The zero-order chi connectivity index (χ0) is 11.6. The van der Waals surface area contributed by atoms with Crippen molar-refractivity contribution in [3.05, 3.63) is 0 Å². The molecule has 1 amide bonds. The highest BCUT2D eigenvalue weighted by Gasteiger charge is 2.54. The van der Waals surface area contributed by atoms with Crippen LogP contribution in [-0.2, 0) is 4.79 Å². The van der Waals surface area contributed by atoms with Crippen molar-refractivity contribution in [1.29, 1.82) is 0 Å². The number of oxime groups is 1. The van der Waals surface area contributed by atoms with Gasteiger partial charge in [-0.3, -0.25) is 10.2 Å². The molecule has 2 fully saturated rings. The fraction of sp³-hybridized carbons (Fsp3) is 0.800. The van der Waals surface area contributed by atoms with Crippen LogP contribution >= 0.6 is 0 Å². The van der Waals surface area contributed by atoms with Crippen molar-refractivity contribution in [2.24, 2.45) is 16.3 Å². The van der Waals surface area contributed by atoms with Crippen LogP contribution in [0.2, 0.25) is 0 Å². The van der Waals surface area contributed by atoms with E-state index >= 15 is 0 Å². The fourth-order valence-corrected chi connectivity index (χ4v) is 2.08. The Morgan fingerprint density at radius 1 is 1.31 bits per heavy atom. The lowest BCUT2D eigenvalue weighted by Crippen LogP contribution is -2.50. The summed E-state index contributed by atoms with van der Waals surface area (Å²) in [5, 5.41) is 13.5. The zero-order valence-electron chi connectivity index (χ0n) is 9.28. The van der Waals surface area contributed by atoms with Crippen LogP contribution in [0.4, 0.5) is 0 Å². The molecule has 6 nitrogen and oxygen atoms in total. The summed E-state index contributed by atoms with van der Waals surface area (Å²) < 4.78 is 0. The number of piperidine rings is 1. The normalized spacial score (nSPS) is 25.1. The number of nitrogens with two attached hydrogens (primary N) is 1. The van der Waals surface area contributed by atoms with Gasteiger partial charge in [0.2, 0.25) is 5.91 Å². The van der Waals surface area contributed by atoms with E-state index in [0.717, 1.165) is 25.9 Å². The average Bonchev–Trinajstić information content (AvgIpc) is 3.10. The van der Waals surface area contributed by atoms with Crippen molar-refractivity contribution >= 4 is 11.7 Å². The van der Waals surface area contributed by atoms with Gasteiger partial charge in [0.25, 0.3) is 0 Å². The van der Waals surface area contributed by atoms with Crippen LogP contribution in [0.25, 0.3) is 0 Å². The maximum absolute atomic E-state index is 12.0. The first-order chi connectivity index (χ1) is 7.69. The Bertz CT molecular complexity index is 306. The first kappa shape index (κ1) is 11.2. The number of amidine groups is 1. The first-order valence-corrected chi connectivity index (χ1v) is 5.73. The van der Waals surface area contributed by atoms with Gasteiger partial charge in [-0.25, -0.2) is 5.01 Å². The fourth-order valence-electron chi connectivity index (χ4n) is 2.08. The Kier molecular flexibility index (Phi) is 3.00. The highest BCUT2D eigenvalue weighted by atomic mass is 16.4. The highest BCUT2D eigenvalue weighted by molar-refractivity contribution is 6.09. The second-order valence-corrected chi connectivity index (χ2v) is 4.56. The van der Waals surface area contributed by atoms with Crippen molar-refractivity contribution in [2.75, 3.05) is 13.1 Å². The van der Waals surface area contributed by atoms with Gasteiger partial charge in [0.05, 0.1) is 0 Å². The monoisotopic (exact) mass is 226 g/mol. The maximum atomic E-state index is 12.0. The number of amides is 1. The van der Waals surface area contributed by atoms with Crippen LogP contribution in [0.5, 0.6) is 0 Å². The van der Waals surface area contributed by atoms with E-state index in [0.29, 0.717) is 12.8 Å². The third-order valence-corrected chi connectivity index (χ3v) is 3.40. The van der Waals surface area contributed by atoms with Gasteiger partial charge in [-0.15, -0.1) is 0 Å². The predicted molar refractivity (Wildman–Crippen MR) is 58.6 cm³/mol. The molecule has 0 aromatic carbocycles. The number of carbonyl (C=O) groups excluding carboxylic acids is 1. The number of carbonyl (C=O) groups is 1. The van der Waals surface area contributed by atoms with E-state index < -0.39 is 5.41 Å². The van der Waals surface area contributed by atoms with Gasteiger partial charge in [-0.05, 0) is 25.7 Å². The van der Waals surface area contributed by atoms with Crippen molar-refractivity contribution < 1.29 is 10.0 Å². The second-order valence-electron chi connectivity index (χ2n) is 4.56. The molecular formula is C10H18N4O2. The molecule has 16 heavy (non-hydrogen) atoms. The number of nitrogens with one attached hydrogen (secondary N) is 1. The minimum atomic E-state index is -0.744. The van der Waals surface area contributed by atoms with Crippen molar-refractivity contribution in [2.45, 2.75) is 32.1 Å². The Labute approximate surface area is 94.4 Å². The van der Waals surface area contributed by atoms with E-state index in [2.05, 4.69) is 10.6 Å². The largest absolute Gasteiger partial charge is 0.409 e. The molecule has 1 saturated heterocycles. The summed E-state index contributed by atoms with van der Waals surface area (Å²) >= 11 is 0. The average molecular weight is 226 g/mol. The van der Waals surface area contributed by atoms with Crippen LogP contribution in [0, 0.1) is 5.41 Å². The molecule has 4 N–H and O–H groups in total. The summed E-state index contributed by atoms with van der Waals surface area (Å²) in [6.07, 6.45) is 4.77. The third kappa shape index (κ3) is 1.97. The Hall–Kier alpha value is -1.30.